The zero-order chi connectivity index (χ0) is 15.7. The molecule has 0 spiro atoms. The van der Waals surface area contributed by atoms with Crippen LogP contribution < -0.4 is 10.6 Å². The van der Waals surface area contributed by atoms with E-state index in [9.17, 15) is 19.7 Å². The molecule has 0 fully saturated rings. The van der Waals surface area contributed by atoms with Gasteiger partial charge in [-0.1, -0.05) is 0 Å². The van der Waals surface area contributed by atoms with Crippen molar-refractivity contribution in [2.75, 3.05) is 25.0 Å². The third kappa shape index (κ3) is 2.57. The third-order valence-electron chi connectivity index (χ3n) is 3.57. The van der Waals surface area contributed by atoms with E-state index in [0.29, 0.717) is 17.8 Å². The van der Waals surface area contributed by atoms with Gasteiger partial charge in [-0.15, -0.1) is 0 Å². The molecule has 21 heavy (non-hydrogen) atoms. The van der Waals surface area contributed by atoms with Gasteiger partial charge in [-0.2, -0.15) is 0 Å². The zero-order valence-corrected chi connectivity index (χ0v) is 11.8. The predicted molar refractivity (Wildman–Crippen MR) is 75.7 cm³/mol. The van der Waals surface area contributed by atoms with E-state index < -0.39 is 16.9 Å². The van der Waals surface area contributed by atoms with Crippen LogP contribution in [0.5, 0.6) is 0 Å². The Labute approximate surface area is 121 Å². The van der Waals surface area contributed by atoms with Gasteiger partial charge in [-0.05, 0) is 13.0 Å². The maximum absolute atomic E-state index is 12.2. The highest BCUT2D eigenvalue weighted by molar-refractivity contribution is 6.07. The number of hydrogen-bond acceptors (Lipinski definition) is 5. The SMILES string of the molecule is CCN(C)C(=O)CN1C(=O)C(N)c2cc([N+](=O)[O-])ccc21. The van der Waals surface area contributed by atoms with Gasteiger partial charge in [0.05, 0.1) is 10.6 Å². The van der Waals surface area contributed by atoms with Crippen molar-refractivity contribution in [3.63, 3.8) is 0 Å². The van der Waals surface area contributed by atoms with E-state index in [4.69, 9.17) is 5.73 Å². The van der Waals surface area contributed by atoms with Crippen LogP contribution in [0.2, 0.25) is 0 Å². The molecular weight excluding hydrogens is 276 g/mol. The summed E-state index contributed by atoms with van der Waals surface area (Å²) in [4.78, 5) is 37.1. The summed E-state index contributed by atoms with van der Waals surface area (Å²) >= 11 is 0. The third-order valence-corrected chi connectivity index (χ3v) is 3.57. The van der Waals surface area contributed by atoms with E-state index in [1.807, 2.05) is 6.92 Å². The Kier molecular flexibility index (Phi) is 3.90. The summed E-state index contributed by atoms with van der Waals surface area (Å²) in [6, 6.07) is 3.06. The fourth-order valence-electron chi connectivity index (χ4n) is 2.17. The maximum Gasteiger partial charge on any atom is 0.269 e. The van der Waals surface area contributed by atoms with Crippen LogP contribution >= 0.6 is 0 Å². The number of nitrogens with zero attached hydrogens (tertiary/aromatic N) is 3. The highest BCUT2D eigenvalue weighted by Crippen LogP contribution is 2.36. The summed E-state index contributed by atoms with van der Waals surface area (Å²) in [6.07, 6.45) is 0. The first kappa shape index (κ1) is 14.9. The smallest absolute Gasteiger partial charge is 0.269 e. The number of carbonyl (C=O) groups is 2. The average molecular weight is 292 g/mol. The zero-order valence-electron chi connectivity index (χ0n) is 11.8. The predicted octanol–water partition coefficient (Wildman–Crippen LogP) is 0.420. The first-order valence-electron chi connectivity index (χ1n) is 6.46. The second kappa shape index (κ2) is 5.49. The lowest BCUT2D eigenvalue weighted by molar-refractivity contribution is -0.384. The van der Waals surface area contributed by atoms with E-state index in [-0.39, 0.29) is 18.1 Å². The molecule has 2 rings (SSSR count). The van der Waals surface area contributed by atoms with Gasteiger partial charge in [-0.3, -0.25) is 19.7 Å². The first-order valence-corrected chi connectivity index (χ1v) is 6.46. The van der Waals surface area contributed by atoms with Gasteiger partial charge in [0.2, 0.25) is 11.8 Å². The molecular formula is C13H16N4O4. The van der Waals surface area contributed by atoms with Gasteiger partial charge < -0.3 is 15.5 Å². The second-order valence-corrected chi connectivity index (χ2v) is 4.81. The number of benzene rings is 1. The lowest BCUT2D eigenvalue weighted by Crippen LogP contribution is -2.41. The minimum Gasteiger partial charge on any atom is -0.344 e. The number of nitro benzene ring substituents is 1. The monoisotopic (exact) mass is 292 g/mol. The molecule has 0 aromatic heterocycles. The highest BCUT2D eigenvalue weighted by Gasteiger charge is 2.37. The molecule has 1 aromatic rings. The van der Waals surface area contributed by atoms with Gasteiger partial charge in [0.15, 0.2) is 0 Å². The number of anilines is 1. The summed E-state index contributed by atoms with van der Waals surface area (Å²) < 4.78 is 0. The van der Waals surface area contributed by atoms with Gasteiger partial charge in [0.25, 0.3) is 5.69 Å². The Bertz CT molecular complexity index is 616. The number of likely N-dealkylation sites (N-methyl/N-ethyl adjacent to an activating group) is 1. The van der Waals surface area contributed by atoms with E-state index in [1.54, 1.807) is 7.05 Å². The van der Waals surface area contributed by atoms with Gasteiger partial charge in [0, 0.05) is 31.3 Å². The fraction of sp³-hybridized carbons (Fsp3) is 0.385. The number of amides is 2. The molecule has 112 valence electrons. The molecule has 1 atom stereocenters. The van der Waals surface area contributed by atoms with Crippen LogP contribution in [0.4, 0.5) is 11.4 Å². The van der Waals surface area contributed by atoms with Gasteiger partial charge in [-0.25, -0.2) is 0 Å². The Hall–Kier alpha value is -2.48. The fourth-order valence-corrected chi connectivity index (χ4v) is 2.17. The molecule has 0 bridgehead atoms. The van der Waals surface area contributed by atoms with Crippen LogP contribution in [0.25, 0.3) is 0 Å². The lowest BCUT2D eigenvalue weighted by Gasteiger charge is -2.21. The lowest BCUT2D eigenvalue weighted by atomic mass is 10.1. The number of fused-ring (bicyclic) bond motifs is 1. The number of nitrogens with two attached hydrogens (primary N) is 1. The van der Waals surface area contributed by atoms with Crippen LogP contribution in [0, 0.1) is 10.1 Å². The molecule has 1 unspecified atom stereocenters. The number of hydrogen-bond donors (Lipinski definition) is 1. The highest BCUT2D eigenvalue weighted by atomic mass is 16.6. The van der Waals surface area contributed by atoms with Crippen molar-refractivity contribution >= 4 is 23.2 Å². The number of carbonyl (C=O) groups excluding carboxylic acids is 2. The van der Waals surface area contributed by atoms with E-state index in [0.717, 1.165) is 0 Å². The molecule has 0 saturated carbocycles. The molecule has 1 heterocycles. The number of rotatable bonds is 4. The summed E-state index contributed by atoms with van der Waals surface area (Å²) in [6.45, 7) is 2.23. The Morgan fingerprint density at radius 2 is 2.19 bits per heavy atom. The quantitative estimate of drug-likeness (QED) is 0.638. The van der Waals surface area contributed by atoms with Crippen LogP contribution in [0.15, 0.2) is 18.2 Å². The van der Waals surface area contributed by atoms with E-state index in [1.165, 1.54) is 28.0 Å². The molecule has 8 nitrogen and oxygen atoms in total. The first-order chi connectivity index (χ1) is 9.86. The van der Waals surface area contributed by atoms with Crippen molar-refractivity contribution in [2.45, 2.75) is 13.0 Å². The topological polar surface area (TPSA) is 110 Å². The van der Waals surface area contributed by atoms with Crippen molar-refractivity contribution in [1.82, 2.24) is 4.90 Å². The van der Waals surface area contributed by atoms with Crippen molar-refractivity contribution in [3.05, 3.63) is 33.9 Å². The number of non-ortho nitro benzene ring substituents is 1. The van der Waals surface area contributed by atoms with Crippen LogP contribution in [0.1, 0.15) is 18.5 Å². The van der Waals surface area contributed by atoms with Crippen LogP contribution in [0.3, 0.4) is 0 Å². The van der Waals surface area contributed by atoms with Gasteiger partial charge in [0.1, 0.15) is 12.6 Å². The molecule has 1 aromatic carbocycles. The molecule has 0 aliphatic carbocycles. The summed E-state index contributed by atoms with van der Waals surface area (Å²) in [5.74, 6) is -0.646. The summed E-state index contributed by atoms with van der Waals surface area (Å²) in [5.41, 5.74) is 6.50. The standard InChI is InChI=1S/C13H16N4O4/c1-3-15(2)11(18)7-16-10-5-4-8(17(20)21)6-9(10)12(14)13(16)19/h4-6,12H,3,7,14H2,1-2H3. The molecule has 2 N–H and O–H groups in total. The normalized spacial score (nSPS) is 16.8. The number of nitro groups is 1. The van der Waals surface area contributed by atoms with Crippen molar-refractivity contribution in [1.29, 1.82) is 0 Å². The van der Waals surface area contributed by atoms with E-state index >= 15 is 0 Å². The molecule has 0 saturated heterocycles. The molecule has 2 amide bonds. The van der Waals surface area contributed by atoms with E-state index in [2.05, 4.69) is 0 Å². The van der Waals surface area contributed by atoms with Crippen molar-refractivity contribution in [2.24, 2.45) is 5.73 Å². The Morgan fingerprint density at radius 3 is 2.76 bits per heavy atom. The van der Waals surface area contributed by atoms with Crippen LogP contribution in [-0.2, 0) is 9.59 Å². The molecule has 0 radical (unpaired) electrons. The molecule has 1 aliphatic heterocycles. The summed E-state index contributed by atoms with van der Waals surface area (Å²) in [7, 11) is 1.64. The second-order valence-electron chi connectivity index (χ2n) is 4.81. The molecule has 8 heteroatoms. The largest absolute Gasteiger partial charge is 0.344 e. The van der Waals surface area contributed by atoms with Crippen LogP contribution in [-0.4, -0.2) is 41.8 Å². The Balaban J connectivity index is 2.33. The minimum atomic E-state index is -0.973. The minimum absolute atomic E-state index is 0.123. The van der Waals surface area contributed by atoms with Crippen molar-refractivity contribution in [3.8, 4) is 0 Å². The summed E-state index contributed by atoms with van der Waals surface area (Å²) in [5, 5.41) is 10.8. The maximum atomic E-state index is 12.2. The average Bonchev–Trinajstić information content (AvgIpc) is 2.71. The molecule has 1 aliphatic rings. The Morgan fingerprint density at radius 1 is 1.52 bits per heavy atom. The van der Waals surface area contributed by atoms with Crippen molar-refractivity contribution < 1.29 is 14.5 Å². The van der Waals surface area contributed by atoms with Gasteiger partial charge >= 0.3 is 0 Å².